The highest BCUT2D eigenvalue weighted by molar-refractivity contribution is 7.13. The lowest BCUT2D eigenvalue weighted by Gasteiger charge is -2.24. The van der Waals surface area contributed by atoms with Crippen molar-refractivity contribution in [2.24, 2.45) is 0 Å². The number of methoxy groups -OCH3 is 2. The number of nitrogens with one attached hydrogen (secondary N) is 1. The summed E-state index contributed by atoms with van der Waals surface area (Å²) in [7, 11) is 6.86. The number of aromatic nitrogens is 1. The number of benzene rings is 1. The molecule has 0 fully saturated rings. The first kappa shape index (κ1) is 21.6. The van der Waals surface area contributed by atoms with Gasteiger partial charge in [0, 0.05) is 24.5 Å². The van der Waals surface area contributed by atoms with E-state index in [0.29, 0.717) is 35.3 Å². The first-order valence-electron chi connectivity index (χ1n) is 8.72. The van der Waals surface area contributed by atoms with Gasteiger partial charge in [0.25, 0.3) is 5.91 Å². The fraction of sp³-hybridized carbons (Fsp3) is 0.421. The smallest absolute Gasteiger partial charge is 0.258 e. The molecular formula is C19H26N4O4S. The molecule has 152 valence electrons. The molecule has 2 amide bonds. The van der Waals surface area contributed by atoms with E-state index in [1.54, 1.807) is 25.3 Å². The van der Waals surface area contributed by atoms with Crippen molar-refractivity contribution >= 4 is 28.3 Å². The van der Waals surface area contributed by atoms with Gasteiger partial charge in [-0.2, -0.15) is 0 Å². The summed E-state index contributed by atoms with van der Waals surface area (Å²) in [6.07, 6.45) is 0. The number of ether oxygens (including phenoxy) is 2. The van der Waals surface area contributed by atoms with Crippen molar-refractivity contribution in [1.82, 2.24) is 14.8 Å². The number of rotatable bonds is 9. The number of likely N-dealkylation sites (N-methyl/N-ethyl adjacent to an activating group) is 1. The number of hydrogen-bond acceptors (Lipinski definition) is 7. The molecule has 0 unspecified atom stereocenters. The minimum Gasteiger partial charge on any atom is -0.497 e. The van der Waals surface area contributed by atoms with Crippen LogP contribution in [0.2, 0.25) is 0 Å². The summed E-state index contributed by atoms with van der Waals surface area (Å²) in [5.74, 6) is 0.404. The van der Waals surface area contributed by atoms with Crippen LogP contribution < -0.4 is 14.8 Å². The number of carbonyl (C=O) groups excluding carboxylic acids is 2. The minimum atomic E-state index is -0.297. The third-order valence-corrected chi connectivity index (χ3v) is 4.82. The van der Waals surface area contributed by atoms with E-state index in [4.69, 9.17) is 9.47 Å². The van der Waals surface area contributed by atoms with Crippen LogP contribution in [0.1, 0.15) is 16.1 Å². The molecule has 1 N–H and O–H groups in total. The Morgan fingerprint density at radius 2 is 1.93 bits per heavy atom. The fourth-order valence-electron chi connectivity index (χ4n) is 2.46. The number of nitrogens with zero attached hydrogens (tertiary/aromatic N) is 3. The van der Waals surface area contributed by atoms with E-state index in [2.05, 4.69) is 10.3 Å². The monoisotopic (exact) mass is 406 g/mol. The third-order valence-electron chi connectivity index (χ3n) is 3.94. The molecule has 0 aliphatic carbocycles. The minimum absolute atomic E-state index is 0.0829. The van der Waals surface area contributed by atoms with Crippen LogP contribution in [-0.4, -0.2) is 74.5 Å². The average Bonchev–Trinajstić information content (AvgIpc) is 3.08. The van der Waals surface area contributed by atoms with Crippen LogP contribution in [-0.2, 0) is 4.79 Å². The molecule has 28 heavy (non-hydrogen) atoms. The maximum Gasteiger partial charge on any atom is 0.258 e. The van der Waals surface area contributed by atoms with Gasteiger partial charge in [-0.3, -0.25) is 9.59 Å². The molecule has 1 heterocycles. The van der Waals surface area contributed by atoms with Crippen molar-refractivity contribution in [3.63, 3.8) is 0 Å². The van der Waals surface area contributed by atoms with Crippen LogP contribution in [0.25, 0.3) is 0 Å². The SMILES string of the molecule is COc1ccc(C(=O)N(CCN(C)C)CC(=O)Nc2nc(C)cs2)c(OC)c1. The van der Waals surface area contributed by atoms with E-state index in [-0.39, 0.29) is 18.4 Å². The van der Waals surface area contributed by atoms with Gasteiger partial charge >= 0.3 is 0 Å². The highest BCUT2D eigenvalue weighted by Crippen LogP contribution is 2.26. The Morgan fingerprint density at radius 1 is 1.18 bits per heavy atom. The van der Waals surface area contributed by atoms with Gasteiger partial charge in [0.15, 0.2) is 5.13 Å². The zero-order valence-electron chi connectivity index (χ0n) is 16.8. The summed E-state index contributed by atoms with van der Waals surface area (Å²) >= 11 is 1.35. The predicted molar refractivity (Wildman–Crippen MR) is 109 cm³/mol. The number of amides is 2. The quantitative estimate of drug-likeness (QED) is 0.687. The largest absolute Gasteiger partial charge is 0.497 e. The van der Waals surface area contributed by atoms with Crippen LogP contribution in [0.4, 0.5) is 5.13 Å². The molecule has 0 aliphatic rings. The van der Waals surface area contributed by atoms with Crippen LogP contribution in [0, 0.1) is 6.92 Å². The summed E-state index contributed by atoms with van der Waals surface area (Å²) in [5, 5.41) is 5.12. The second-order valence-corrected chi connectivity index (χ2v) is 7.30. The lowest BCUT2D eigenvalue weighted by Crippen LogP contribution is -2.41. The number of thiazole rings is 1. The summed E-state index contributed by atoms with van der Waals surface area (Å²) < 4.78 is 10.5. The molecular weight excluding hydrogens is 380 g/mol. The summed E-state index contributed by atoms with van der Waals surface area (Å²) in [5.41, 5.74) is 1.21. The van der Waals surface area contributed by atoms with Gasteiger partial charge < -0.3 is 24.6 Å². The molecule has 0 atom stereocenters. The number of aryl methyl sites for hydroxylation is 1. The van der Waals surface area contributed by atoms with Crippen molar-refractivity contribution in [3.8, 4) is 11.5 Å². The van der Waals surface area contributed by atoms with Gasteiger partial charge in [0.2, 0.25) is 5.91 Å². The standard InChI is InChI=1S/C19H26N4O4S/c1-13-12-28-19(20-13)21-17(24)11-23(9-8-22(2)3)18(25)15-7-6-14(26-4)10-16(15)27-5/h6-7,10,12H,8-9,11H2,1-5H3,(H,20,21,24). The molecule has 0 bridgehead atoms. The zero-order valence-corrected chi connectivity index (χ0v) is 17.6. The summed E-state index contributed by atoms with van der Waals surface area (Å²) in [4.78, 5) is 33.3. The zero-order chi connectivity index (χ0) is 20.7. The first-order valence-corrected chi connectivity index (χ1v) is 9.60. The van der Waals surface area contributed by atoms with Gasteiger partial charge in [0.05, 0.1) is 25.5 Å². The van der Waals surface area contributed by atoms with E-state index < -0.39 is 0 Å². The number of carbonyl (C=O) groups is 2. The van der Waals surface area contributed by atoms with E-state index in [1.807, 2.05) is 31.3 Å². The topological polar surface area (TPSA) is 84.0 Å². The van der Waals surface area contributed by atoms with Gasteiger partial charge in [0.1, 0.15) is 18.0 Å². The molecule has 0 saturated carbocycles. The Balaban J connectivity index is 2.19. The van der Waals surface area contributed by atoms with Crippen molar-refractivity contribution in [2.45, 2.75) is 6.92 Å². The second-order valence-electron chi connectivity index (χ2n) is 6.44. The Bertz CT molecular complexity index is 822. The van der Waals surface area contributed by atoms with Crippen molar-refractivity contribution < 1.29 is 19.1 Å². The lowest BCUT2D eigenvalue weighted by molar-refractivity contribution is -0.116. The van der Waals surface area contributed by atoms with E-state index in [9.17, 15) is 9.59 Å². The summed E-state index contributed by atoms with van der Waals surface area (Å²) in [6, 6.07) is 4.98. The normalized spacial score (nSPS) is 10.6. The van der Waals surface area contributed by atoms with Crippen molar-refractivity contribution in [2.75, 3.05) is 53.3 Å². The lowest BCUT2D eigenvalue weighted by atomic mass is 10.1. The first-order chi connectivity index (χ1) is 13.3. The molecule has 8 nitrogen and oxygen atoms in total. The molecule has 2 aromatic rings. The Labute approximate surface area is 169 Å². The van der Waals surface area contributed by atoms with E-state index in [0.717, 1.165) is 5.69 Å². The van der Waals surface area contributed by atoms with Gasteiger partial charge in [-0.1, -0.05) is 0 Å². The highest BCUT2D eigenvalue weighted by atomic mass is 32.1. The maximum absolute atomic E-state index is 13.1. The Hall–Kier alpha value is -2.65. The molecule has 0 saturated heterocycles. The molecule has 0 radical (unpaired) electrons. The van der Waals surface area contributed by atoms with Crippen LogP contribution in [0.3, 0.4) is 0 Å². The molecule has 1 aromatic heterocycles. The second kappa shape index (κ2) is 10.0. The molecule has 1 aromatic carbocycles. The van der Waals surface area contributed by atoms with E-state index >= 15 is 0 Å². The summed E-state index contributed by atoms with van der Waals surface area (Å²) in [6.45, 7) is 2.79. The van der Waals surface area contributed by atoms with Gasteiger partial charge in [-0.15, -0.1) is 11.3 Å². The molecule has 0 aliphatic heterocycles. The Morgan fingerprint density at radius 3 is 2.50 bits per heavy atom. The average molecular weight is 407 g/mol. The molecule has 2 rings (SSSR count). The van der Waals surface area contributed by atoms with Crippen molar-refractivity contribution in [1.29, 1.82) is 0 Å². The third kappa shape index (κ3) is 5.93. The highest BCUT2D eigenvalue weighted by Gasteiger charge is 2.23. The van der Waals surface area contributed by atoms with Crippen LogP contribution in [0.5, 0.6) is 11.5 Å². The fourth-order valence-corrected chi connectivity index (χ4v) is 3.17. The van der Waals surface area contributed by atoms with Crippen LogP contribution >= 0.6 is 11.3 Å². The van der Waals surface area contributed by atoms with Gasteiger partial charge in [-0.25, -0.2) is 4.98 Å². The van der Waals surface area contributed by atoms with Gasteiger partial charge in [-0.05, 0) is 33.2 Å². The van der Waals surface area contributed by atoms with Crippen molar-refractivity contribution in [3.05, 3.63) is 34.8 Å². The number of hydrogen-bond donors (Lipinski definition) is 1. The predicted octanol–water partition coefficient (Wildman–Crippen LogP) is 2.11. The Kier molecular flexibility index (Phi) is 7.77. The van der Waals surface area contributed by atoms with Crippen LogP contribution in [0.15, 0.2) is 23.6 Å². The van der Waals surface area contributed by atoms with E-state index in [1.165, 1.54) is 23.3 Å². The molecule has 9 heteroatoms. The maximum atomic E-state index is 13.1. The molecule has 0 spiro atoms. The number of anilines is 1.